The fraction of sp³-hybridized carbons (Fsp3) is 0.353. The van der Waals surface area contributed by atoms with Crippen molar-refractivity contribution in [2.24, 2.45) is 7.05 Å². The Balaban J connectivity index is 0.000000741. The standard InChI is InChI=1S/C13H13NO.2C2H6/c1-10(15)7-8-11-9-14(2)13-6-4-3-5-12(11)13;2*1-2/h3-9H,1-2H3;2*1-2H3/b8-7+;;. The van der Waals surface area contributed by atoms with Crippen LogP contribution in [-0.4, -0.2) is 10.4 Å². The van der Waals surface area contributed by atoms with Crippen LogP contribution >= 0.6 is 0 Å². The number of benzene rings is 1. The molecule has 0 radical (unpaired) electrons. The van der Waals surface area contributed by atoms with Gasteiger partial charge < -0.3 is 4.57 Å². The maximum atomic E-state index is 10.9. The van der Waals surface area contributed by atoms with Crippen LogP contribution < -0.4 is 0 Å². The highest BCUT2D eigenvalue weighted by atomic mass is 16.1. The Kier molecular flexibility index (Phi) is 8.27. The number of aryl methyl sites for hydroxylation is 1. The first-order valence-corrected chi connectivity index (χ1v) is 6.91. The molecule has 0 aliphatic carbocycles. The molecule has 2 rings (SSSR count). The summed E-state index contributed by atoms with van der Waals surface area (Å²) >= 11 is 0. The average Bonchev–Trinajstić information content (AvgIpc) is 2.78. The Morgan fingerprint density at radius 2 is 1.68 bits per heavy atom. The lowest BCUT2D eigenvalue weighted by Gasteiger charge is -1.92. The lowest BCUT2D eigenvalue weighted by atomic mass is 10.1. The number of aromatic nitrogens is 1. The maximum Gasteiger partial charge on any atom is 0.152 e. The first-order valence-electron chi connectivity index (χ1n) is 6.91. The van der Waals surface area contributed by atoms with Crippen LogP contribution in [0, 0.1) is 0 Å². The number of para-hydroxylation sites is 1. The Labute approximate surface area is 116 Å². The van der Waals surface area contributed by atoms with E-state index in [0.717, 1.165) is 5.56 Å². The van der Waals surface area contributed by atoms with Crippen molar-refractivity contribution in [3.63, 3.8) is 0 Å². The molecule has 0 atom stereocenters. The van der Waals surface area contributed by atoms with Crippen molar-refractivity contribution in [3.8, 4) is 0 Å². The van der Waals surface area contributed by atoms with Crippen molar-refractivity contribution < 1.29 is 4.79 Å². The molecule has 19 heavy (non-hydrogen) atoms. The summed E-state index contributed by atoms with van der Waals surface area (Å²) < 4.78 is 2.06. The van der Waals surface area contributed by atoms with Crippen molar-refractivity contribution in [2.45, 2.75) is 34.6 Å². The zero-order chi connectivity index (χ0) is 14.8. The Hall–Kier alpha value is -1.83. The molecule has 2 aromatic rings. The summed E-state index contributed by atoms with van der Waals surface area (Å²) in [5.41, 5.74) is 2.27. The quantitative estimate of drug-likeness (QED) is 0.708. The lowest BCUT2D eigenvalue weighted by molar-refractivity contribution is -0.112. The second kappa shape index (κ2) is 9.15. The van der Waals surface area contributed by atoms with E-state index in [4.69, 9.17) is 0 Å². The molecular formula is C17H25NO. The first kappa shape index (κ1) is 17.2. The molecule has 0 aliphatic heterocycles. The second-order valence-electron chi connectivity index (χ2n) is 3.66. The summed E-state index contributed by atoms with van der Waals surface area (Å²) in [6.45, 7) is 9.56. The van der Waals surface area contributed by atoms with Gasteiger partial charge in [-0.3, -0.25) is 4.79 Å². The summed E-state index contributed by atoms with van der Waals surface area (Å²) in [5, 5.41) is 1.18. The summed E-state index contributed by atoms with van der Waals surface area (Å²) in [6.07, 6.45) is 5.50. The number of ketones is 1. The van der Waals surface area contributed by atoms with E-state index in [1.165, 1.54) is 10.9 Å². The van der Waals surface area contributed by atoms with Crippen LogP contribution in [-0.2, 0) is 11.8 Å². The third-order valence-corrected chi connectivity index (χ3v) is 2.43. The van der Waals surface area contributed by atoms with Crippen molar-refractivity contribution in [1.82, 2.24) is 4.57 Å². The van der Waals surface area contributed by atoms with Gasteiger partial charge >= 0.3 is 0 Å². The molecule has 0 amide bonds. The summed E-state index contributed by atoms with van der Waals surface area (Å²) in [7, 11) is 2.01. The summed E-state index contributed by atoms with van der Waals surface area (Å²) in [4.78, 5) is 10.9. The molecule has 0 saturated carbocycles. The monoisotopic (exact) mass is 259 g/mol. The van der Waals surface area contributed by atoms with Crippen LogP contribution in [0.3, 0.4) is 0 Å². The van der Waals surface area contributed by atoms with Gasteiger partial charge in [-0.05, 0) is 25.1 Å². The van der Waals surface area contributed by atoms with Gasteiger partial charge in [-0.15, -0.1) is 0 Å². The van der Waals surface area contributed by atoms with E-state index in [2.05, 4.69) is 16.7 Å². The van der Waals surface area contributed by atoms with Gasteiger partial charge in [-0.1, -0.05) is 45.9 Å². The number of fused-ring (bicyclic) bond motifs is 1. The second-order valence-corrected chi connectivity index (χ2v) is 3.66. The molecule has 104 valence electrons. The zero-order valence-electron chi connectivity index (χ0n) is 12.9. The van der Waals surface area contributed by atoms with Crippen molar-refractivity contribution in [2.75, 3.05) is 0 Å². The van der Waals surface area contributed by atoms with Crippen LogP contribution in [0.5, 0.6) is 0 Å². The fourth-order valence-electron chi connectivity index (χ4n) is 1.71. The number of nitrogens with zero attached hydrogens (tertiary/aromatic N) is 1. The average molecular weight is 259 g/mol. The highest BCUT2D eigenvalue weighted by molar-refractivity contribution is 5.96. The fourth-order valence-corrected chi connectivity index (χ4v) is 1.71. The molecule has 0 spiro atoms. The van der Waals surface area contributed by atoms with Gasteiger partial charge in [0.15, 0.2) is 5.78 Å². The Morgan fingerprint density at radius 1 is 1.11 bits per heavy atom. The normalized spacial score (nSPS) is 9.58. The minimum atomic E-state index is 0.0722. The highest BCUT2D eigenvalue weighted by Crippen LogP contribution is 2.21. The molecular weight excluding hydrogens is 234 g/mol. The topological polar surface area (TPSA) is 22.0 Å². The van der Waals surface area contributed by atoms with Crippen LogP contribution in [0.25, 0.3) is 17.0 Å². The van der Waals surface area contributed by atoms with Gasteiger partial charge in [-0.2, -0.15) is 0 Å². The SMILES string of the molecule is CC.CC.CC(=O)/C=C/c1cn(C)c2ccccc12. The largest absolute Gasteiger partial charge is 0.350 e. The van der Waals surface area contributed by atoms with E-state index in [0.29, 0.717) is 0 Å². The van der Waals surface area contributed by atoms with E-state index in [1.54, 1.807) is 13.0 Å². The molecule has 1 aromatic carbocycles. The molecule has 2 heteroatoms. The minimum absolute atomic E-state index is 0.0722. The summed E-state index contributed by atoms with van der Waals surface area (Å²) in [5.74, 6) is 0.0722. The van der Waals surface area contributed by atoms with Crippen LogP contribution in [0.1, 0.15) is 40.2 Å². The zero-order valence-corrected chi connectivity index (χ0v) is 12.9. The van der Waals surface area contributed by atoms with Gasteiger partial charge in [0.1, 0.15) is 0 Å². The molecule has 2 nitrogen and oxygen atoms in total. The molecule has 0 fully saturated rings. The predicted octanol–water partition coefficient (Wildman–Crippen LogP) is 4.83. The molecule has 0 N–H and O–H groups in total. The number of rotatable bonds is 2. The predicted molar refractivity (Wildman–Crippen MR) is 85.3 cm³/mol. The van der Waals surface area contributed by atoms with Crippen LogP contribution in [0.2, 0.25) is 0 Å². The number of allylic oxidation sites excluding steroid dienone is 1. The third kappa shape index (κ3) is 4.74. The van der Waals surface area contributed by atoms with E-state index < -0.39 is 0 Å². The van der Waals surface area contributed by atoms with Crippen molar-refractivity contribution in [3.05, 3.63) is 42.1 Å². The first-order chi connectivity index (χ1) is 9.18. The number of hydrogen-bond acceptors (Lipinski definition) is 1. The van der Waals surface area contributed by atoms with Gasteiger partial charge in [0.2, 0.25) is 0 Å². The Bertz CT molecular complexity index is 535. The molecule has 1 aromatic heterocycles. The maximum absolute atomic E-state index is 10.9. The number of hydrogen-bond donors (Lipinski definition) is 0. The van der Waals surface area contributed by atoms with Gasteiger partial charge in [0.05, 0.1) is 0 Å². The van der Waals surface area contributed by atoms with Crippen molar-refractivity contribution in [1.29, 1.82) is 0 Å². The van der Waals surface area contributed by atoms with E-state index in [-0.39, 0.29) is 5.78 Å². The smallest absolute Gasteiger partial charge is 0.152 e. The number of carbonyl (C=O) groups excluding carboxylic acids is 1. The van der Waals surface area contributed by atoms with Gasteiger partial charge in [0.25, 0.3) is 0 Å². The van der Waals surface area contributed by atoms with Gasteiger partial charge in [-0.25, -0.2) is 0 Å². The van der Waals surface area contributed by atoms with Crippen molar-refractivity contribution >= 4 is 22.8 Å². The van der Waals surface area contributed by atoms with Gasteiger partial charge in [0, 0.05) is 29.7 Å². The molecule has 0 unspecified atom stereocenters. The molecule has 0 saturated heterocycles. The van der Waals surface area contributed by atoms with Crippen LogP contribution in [0.15, 0.2) is 36.5 Å². The minimum Gasteiger partial charge on any atom is -0.350 e. The van der Waals surface area contributed by atoms with Crippen LogP contribution in [0.4, 0.5) is 0 Å². The third-order valence-electron chi connectivity index (χ3n) is 2.43. The summed E-state index contributed by atoms with van der Waals surface area (Å²) in [6, 6.07) is 8.16. The highest BCUT2D eigenvalue weighted by Gasteiger charge is 2.02. The van der Waals surface area contributed by atoms with E-state index in [9.17, 15) is 4.79 Å². The lowest BCUT2D eigenvalue weighted by Crippen LogP contribution is -1.81. The molecule has 1 heterocycles. The van der Waals surface area contributed by atoms with E-state index >= 15 is 0 Å². The van der Waals surface area contributed by atoms with E-state index in [1.807, 2.05) is 59.1 Å². The molecule has 0 bridgehead atoms. The molecule has 0 aliphatic rings. The Morgan fingerprint density at radius 3 is 2.26 bits per heavy atom. The number of carbonyl (C=O) groups is 1.